The highest BCUT2D eigenvalue weighted by molar-refractivity contribution is 4.93. The Labute approximate surface area is 121 Å². The summed E-state index contributed by atoms with van der Waals surface area (Å²) in [6.45, 7) is 9.35. The zero-order chi connectivity index (χ0) is 14.0. The summed E-state index contributed by atoms with van der Waals surface area (Å²) in [6, 6.07) is 0. The van der Waals surface area contributed by atoms with Crippen LogP contribution in [-0.2, 0) is 0 Å². The molecule has 1 aliphatic carbocycles. The zero-order valence-electron chi connectivity index (χ0n) is 13.6. The molecule has 0 saturated heterocycles. The van der Waals surface area contributed by atoms with E-state index in [0.29, 0.717) is 0 Å². The third-order valence-corrected chi connectivity index (χ3v) is 4.74. The molecule has 0 aromatic rings. The quantitative estimate of drug-likeness (QED) is 0.452. The van der Waals surface area contributed by atoms with E-state index in [1.54, 1.807) is 0 Å². The van der Waals surface area contributed by atoms with E-state index in [1.807, 2.05) is 0 Å². The van der Waals surface area contributed by atoms with E-state index in [1.165, 1.54) is 77.3 Å². The molecule has 1 saturated carbocycles. The van der Waals surface area contributed by atoms with Gasteiger partial charge >= 0.3 is 0 Å². The highest BCUT2D eigenvalue weighted by atomic mass is 15.2. The molecule has 1 rings (SSSR count). The van der Waals surface area contributed by atoms with Gasteiger partial charge < -0.3 is 0 Å². The molecule has 2 nitrogen and oxygen atoms in total. The van der Waals surface area contributed by atoms with Gasteiger partial charge in [0.05, 0.1) is 5.66 Å². The van der Waals surface area contributed by atoms with Crippen LogP contribution in [0.15, 0.2) is 0 Å². The van der Waals surface area contributed by atoms with Crippen LogP contribution in [0.1, 0.15) is 85.0 Å². The van der Waals surface area contributed by atoms with Crippen LogP contribution in [0.2, 0.25) is 0 Å². The van der Waals surface area contributed by atoms with Crippen molar-refractivity contribution in [2.24, 2.45) is 5.92 Å². The van der Waals surface area contributed by atoms with Crippen LogP contribution in [0.3, 0.4) is 0 Å². The summed E-state index contributed by atoms with van der Waals surface area (Å²) in [5, 5.41) is 7.77. The van der Waals surface area contributed by atoms with Crippen LogP contribution in [0.5, 0.6) is 0 Å². The first kappa shape index (κ1) is 17.0. The smallest absolute Gasteiger partial charge is 0.0713 e. The van der Waals surface area contributed by atoms with Gasteiger partial charge in [-0.05, 0) is 44.7 Å². The summed E-state index contributed by atoms with van der Waals surface area (Å²) in [4.78, 5) is 0. The molecule has 2 heteroatoms. The normalized spacial score (nSPS) is 22.6. The summed E-state index contributed by atoms with van der Waals surface area (Å²) in [5.74, 6) is 0.768. The number of nitrogens with one attached hydrogen (secondary N) is 2. The molecule has 19 heavy (non-hydrogen) atoms. The highest BCUT2D eigenvalue weighted by Gasteiger charge is 2.36. The summed E-state index contributed by atoms with van der Waals surface area (Å²) in [5.41, 5.74) is 0.236. The molecular weight excluding hydrogens is 232 g/mol. The maximum atomic E-state index is 3.89. The van der Waals surface area contributed by atoms with Crippen molar-refractivity contribution in [2.45, 2.75) is 90.6 Å². The fraction of sp³-hybridized carbons (Fsp3) is 1.00. The van der Waals surface area contributed by atoms with E-state index >= 15 is 0 Å². The van der Waals surface area contributed by atoms with Gasteiger partial charge in [-0.25, -0.2) is 0 Å². The van der Waals surface area contributed by atoms with Crippen molar-refractivity contribution >= 4 is 0 Å². The Bertz CT molecular complexity index is 203. The fourth-order valence-corrected chi connectivity index (χ4v) is 3.31. The lowest BCUT2D eigenvalue weighted by Gasteiger charge is -2.44. The van der Waals surface area contributed by atoms with Crippen LogP contribution in [0.25, 0.3) is 0 Å². The Hall–Kier alpha value is -0.0800. The van der Waals surface area contributed by atoms with Crippen molar-refractivity contribution in [3.8, 4) is 0 Å². The Morgan fingerprint density at radius 3 is 1.95 bits per heavy atom. The SMILES string of the molecule is CCCCCNC1(NCCCCC)CCCCC1C. The zero-order valence-corrected chi connectivity index (χ0v) is 13.6. The summed E-state index contributed by atoms with van der Waals surface area (Å²) in [6.07, 6.45) is 13.5. The molecule has 1 unspecified atom stereocenters. The second-order valence-corrected chi connectivity index (χ2v) is 6.39. The lowest BCUT2D eigenvalue weighted by Crippen LogP contribution is -2.62. The maximum Gasteiger partial charge on any atom is 0.0713 e. The Morgan fingerprint density at radius 1 is 0.895 bits per heavy atom. The van der Waals surface area contributed by atoms with E-state index in [4.69, 9.17) is 0 Å². The van der Waals surface area contributed by atoms with Crippen LogP contribution < -0.4 is 10.6 Å². The summed E-state index contributed by atoms with van der Waals surface area (Å²) < 4.78 is 0. The van der Waals surface area contributed by atoms with Gasteiger partial charge in [0.15, 0.2) is 0 Å². The molecule has 2 N–H and O–H groups in total. The first-order chi connectivity index (χ1) is 9.25. The van der Waals surface area contributed by atoms with Crippen molar-refractivity contribution in [1.82, 2.24) is 10.6 Å². The second-order valence-electron chi connectivity index (χ2n) is 6.39. The van der Waals surface area contributed by atoms with Gasteiger partial charge in [-0.2, -0.15) is 0 Å². The van der Waals surface area contributed by atoms with E-state index in [2.05, 4.69) is 31.4 Å². The van der Waals surface area contributed by atoms with Crippen LogP contribution >= 0.6 is 0 Å². The van der Waals surface area contributed by atoms with E-state index in [-0.39, 0.29) is 5.66 Å². The number of hydrogen-bond donors (Lipinski definition) is 2. The van der Waals surface area contributed by atoms with Gasteiger partial charge in [0, 0.05) is 0 Å². The minimum atomic E-state index is 0.236. The molecule has 0 aromatic heterocycles. The molecular formula is C17H36N2. The minimum absolute atomic E-state index is 0.236. The maximum absolute atomic E-state index is 3.89. The predicted octanol–water partition coefficient (Wildman–Crippen LogP) is 4.45. The Morgan fingerprint density at radius 2 is 1.47 bits per heavy atom. The largest absolute Gasteiger partial charge is 0.299 e. The molecule has 0 aromatic carbocycles. The predicted molar refractivity (Wildman–Crippen MR) is 85.4 cm³/mol. The molecule has 1 aliphatic rings. The lowest BCUT2D eigenvalue weighted by atomic mass is 9.79. The third-order valence-electron chi connectivity index (χ3n) is 4.74. The van der Waals surface area contributed by atoms with Crippen LogP contribution in [0, 0.1) is 5.92 Å². The average Bonchev–Trinajstić information content (AvgIpc) is 2.43. The van der Waals surface area contributed by atoms with Crippen molar-refractivity contribution < 1.29 is 0 Å². The average molecular weight is 268 g/mol. The first-order valence-corrected chi connectivity index (χ1v) is 8.75. The first-order valence-electron chi connectivity index (χ1n) is 8.75. The lowest BCUT2D eigenvalue weighted by molar-refractivity contribution is 0.112. The van der Waals surface area contributed by atoms with Gasteiger partial charge in [-0.1, -0.05) is 59.3 Å². The molecule has 0 radical (unpaired) electrons. The van der Waals surface area contributed by atoms with Gasteiger partial charge in [-0.3, -0.25) is 10.6 Å². The Balaban J connectivity index is 2.41. The van der Waals surface area contributed by atoms with Crippen molar-refractivity contribution in [3.63, 3.8) is 0 Å². The molecule has 1 atom stereocenters. The van der Waals surface area contributed by atoms with Crippen molar-refractivity contribution in [2.75, 3.05) is 13.1 Å². The number of hydrogen-bond acceptors (Lipinski definition) is 2. The van der Waals surface area contributed by atoms with Gasteiger partial charge in [0.2, 0.25) is 0 Å². The van der Waals surface area contributed by atoms with Gasteiger partial charge in [0.1, 0.15) is 0 Å². The number of rotatable bonds is 10. The van der Waals surface area contributed by atoms with Crippen LogP contribution in [0.4, 0.5) is 0 Å². The van der Waals surface area contributed by atoms with E-state index < -0.39 is 0 Å². The minimum Gasteiger partial charge on any atom is -0.299 e. The topological polar surface area (TPSA) is 24.1 Å². The molecule has 114 valence electrons. The van der Waals surface area contributed by atoms with Gasteiger partial charge in [0.25, 0.3) is 0 Å². The van der Waals surface area contributed by atoms with Gasteiger partial charge in [-0.15, -0.1) is 0 Å². The molecule has 0 bridgehead atoms. The third kappa shape index (κ3) is 5.83. The Kier molecular flexibility index (Phi) is 8.72. The molecule has 0 spiro atoms. The second kappa shape index (κ2) is 9.77. The summed E-state index contributed by atoms with van der Waals surface area (Å²) in [7, 11) is 0. The van der Waals surface area contributed by atoms with E-state index in [0.717, 1.165) is 5.92 Å². The molecule has 0 amide bonds. The number of unbranched alkanes of at least 4 members (excludes halogenated alkanes) is 4. The molecule has 0 heterocycles. The monoisotopic (exact) mass is 268 g/mol. The van der Waals surface area contributed by atoms with Crippen LogP contribution in [-0.4, -0.2) is 18.8 Å². The standard InChI is InChI=1S/C17H36N2/c1-4-6-10-14-18-17(19-15-11-7-5-2)13-9-8-12-16(17)3/h16,18-19H,4-15H2,1-3H3. The highest BCUT2D eigenvalue weighted by Crippen LogP contribution is 2.31. The van der Waals surface area contributed by atoms with Crippen molar-refractivity contribution in [3.05, 3.63) is 0 Å². The molecule has 0 aliphatic heterocycles. The molecule has 1 fully saturated rings. The summed E-state index contributed by atoms with van der Waals surface area (Å²) >= 11 is 0. The van der Waals surface area contributed by atoms with Crippen molar-refractivity contribution in [1.29, 1.82) is 0 Å². The van der Waals surface area contributed by atoms with E-state index in [9.17, 15) is 0 Å². The fourth-order valence-electron chi connectivity index (χ4n) is 3.31.